The van der Waals surface area contributed by atoms with E-state index in [-0.39, 0.29) is 0 Å². The van der Waals surface area contributed by atoms with Gasteiger partial charge in [-0.3, -0.25) is 4.98 Å². The van der Waals surface area contributed by atoms with Gasteiger partial charge in [0.05, 0.1) is 0 Å². The Morgan fingerprint density at radius 3 is 2.53 bits per heavy atom. The highest BCUT2D eigenvalue weighted by Crippen LogP contribution is 2.19. The van der Waals surface area contributed by atoms with Crippen LogP contribution in [0.4, 0.5) is 0 Å². The number of benzene rings is 1. The molecule has 2 rings (SSSR count). The van der Waals surface area contributed by atoms with Crippen LogP contribution in [0.25, 0.3) is 11.1 Å². The second kappa shape index (κ2) is 6.19. The number of unbranched alkanes of at least 4 members (excludes halogenated alkanes) is 2. The van der Waals surface area contributed by atoms with Gasteiger partial charge in [-0.2, -0.15) is 0 Å². The molecule has 1 aromatic carbocycles. The van der Waals surface area contributed by atoms with Crippen LogP contribution in [-0.4, -0.2) is 4.98 Å². The molecule has 0 N–H and O–H groups in total. The van der Waals surface area contributed by atoms with Crippen LogP contribution in [0.2, 0.25) is 0 Å². The lowest BCUT2D eigenvalue weighted by molar-refractivity contribution is 0.707. The number of aryl methyl sites for hydroxylation is 1. The summed E-state index contributed by atoms with van der Waals surface area (Å²) in [5.41, 5.74) is 3.75. The molecule has 1 heterocycles. The average molecular weight is 225 g/mol. The molecule has 0 amide bonds. The van der Waals surface area contributed by atoms with Crippen molar-refractivity contribution in [3.8, 4) is 11.1 Å². The Morgan fingerprint density at radius 1 is 0.941 bits per heavy atom. The highest BCUT2D eigenvalue weighted by Gasteiger charge is 1.99. The van der Waals surface area contributed by atoms with Crippen molar-refractivity contribution in [3.05, 3.63) is 54.4 Å². The number of hydrogen-bond donors (Lipinski definition) is 0. The van der Waals surface area contributed by atoms with E-state index >= 15 is 0 Å². The summed E-state index contributed by atoms with van der Waals surface area (Å²) in [7, 11) is 0. The summed E-state index contributed by atoms with van der Waals surface area (Å²) < 4.78 is 0. The molecule has 88 valence electrons. The summed E-state index contributed by atoms with van der Waals surface area (Å²) in [4.78, 5) is 4.44. The number of hydrogen-bond acceptors (Lipinski definition) is 1. The average Bonchev–Trinajstić information content (AvgIpc) is 2.41. The zero-order valence-electron chi connectivity index (χ0n) is 10.4. The van der Waals surface area contributed by atoms with E-state index in [9.17, 15) is 0 Å². The minimum absolute atomic E-state index is 1.09. The topological polar surface area (TPSA) is 12.9 Å². The first-order valence-electron chi connectivity index (χ1n) is 6.40. The lowest BCUT2D eigenvalue weighted by Crippen LogP contribution is -1.90. The largest absolute Gasteiger partial charge is 0.261 e. The fraction of sp³-hybridized carbons (Fsp3) is 0.312. The lowest BCUT2D eigenvalue weighted by atomic mass is 10.0. The van der Waals surface area contributed by atoms with E-state index in [0.29, 0.717) is 0 Å². The van der Waals surface area contributed by atoms with Crippen LogP contribution in [0.1, 0.15) is 31.9 Å². The van der Waals surface area contributed by atoms with Crippen molar-refractivity contribution in [1.29, 1.82) is 0 Å². The van der Waals surface area contributed by atoms with Crippen molar-refractivity contribution >= 4 is 0 Å². The second-order valence-electron chi connectivity index (χ2n) is 4.36. The zero-order chi connectivity index (χ0) is 11.9. The summed E-state index contributed by atoms with van der Waals surface area (Å²) in [6, 6.07) is 14.8. The molecule has 1 heteroatoms. The summed E-state index contributed by atoms with van der Waals surface area (Å²) in [6.45, 7) is 2.23. The van der Waals surface area contributed by atoms with E-state index < -0.39 is 0 Å². The Balaban J connectivity index is 2.12. The van der Waals surface area contributed by atoms with Crippen LogP contribution < -0.4 is 0 Å². The monoisotopic (exact) mass is 225 g/mol. The molecule has 2 aromatic rings. The predicted molar refractivity (Wildman–Crippen MR) is 72.9 cm³/mol. The normalized spacial score (nSPS) is 10.4. The fourth-order valence-corrected chi connectivity index (χ4v) is 1.98. The van der Waals surface area contributed by atoms with Crippen LogP contribution in [0.3, 0.4) is 0 Å². The van der Waals surface area contributed by atoms with Gasteiger partial charge in [-0.1, -0.05) is 50.1 Å². The van der Waals surface area contributed by atoms with Gasteiger partial charge in [0.1, 0.15) is 0 Å². The van der Waals surface area contributed by atoms with Gasteiger partial charge in [-0.05, 0) is 36.1 Å². The third-order valence-corrected chi connectivity index (χ3v) is 2.96. The highest BCUT2D eigenvalue weighted by atomic mass is 14.7. The van der Waals surface area contributed by atoms with Gasteiger partial charge < -0.3 is 0 Å². The van der Waals surface area contributed by atoms with Crippen molar-refractivity contribution < 1.29 is 0 Å². The first-order valence-corrected chi connectivity index (χ1v) is 6.40. The molecule has 1 aromatic heterocycles. The van der Waals surface area contributed by atoms with Gasteiger partial charge >= 0.3 is 0 Å². The first-order chi connectivity index (χ1) is 8.40. The van der Waals surface area contributed by atoms with E-state index in [0.717, 1.165) is 6.42 Å². The SMILES string of the molecule is CCCCCc1cc(-c2ccccc2)ccn1. The van der Waals surface area contributed by atoms with Gasteiger partial charge in [0.25, 0.3) is 0 Å². The molecule has 0 spiro atoms. The quantitative estimate of drug-likeness (QED) is 0.684. The van der Waals surface area contributed by atoms with Gasteiger partial charge in [0.15, 0.2) is 0 Å². The molecule has 0 unspecified atom stereocenters. The van der Waals surface area contributed by atoms with E-state index in [2.05, 4.69) is 48.3 Å². The maximum Gasteiger partial charge on any atom is 0.0409 e. The lowest BCUT2D eigenvalue weighted by Gasteiger charge is -2.04. The Labute approximate surface area is 104 Å². The van der Waals surface area contributed by atoms with Gasteiger partial charge in [0.2, 0.25) is 0 Å². The van der Waals surface area contributed by atoms with Gasteiger partial charge in [0, 0.05) is 11.9 Å². The molecule has 0 atom stereocenters. The molecule has 0 radical (unpaired) electrons. The van der Waals surface area contributed by atoms with Crippen molar-refractivity contribution in [1.82, 2.24) is 4.98 Å². The zero-order valence-corrected chi connectivity index (χ0v) is 10.4. The van der Waals surface area contributed by atoms with Gasteiger partial charge in [-0.25, -0.2) is 0 Å². The molecular weight excluding hydrogens is 206 g/mol. The van der Waals surface area contributed by atoms with Crippen LogP contribution in [0.15, 0.2) is 48.7 Å². The number of rotatable bonds is 5. The number of aromatic nitrogens is 1. The minimum Gasteiger partial charge on any atom is -0.261 e. The standard InChI is InChI=1S/C16H19N/c1-2-3-5-10-16-13-15(11-12-17-16)14-8-6-4-7-9-14/h4,6-9,11-13H,2-3,5,10H2,1H3. The van der Waals surface area contributed by atoms with Crippen LogP contribution in [0, 0.1) is 0 Å². The molecule has 1 nitrogen and oxygen atoms in total. The first kappa shape index (κ1) is 11.8. The highest BCUT2D eigenvalue weighted by molar-refractivity contribution is 5.63. The third-order valence-electron chi connectivity index (χ3n) is 2.96. The van der Waals surface area contributed by atoms with Crippen LogP contribution >= 0.6 is 0 Å². The third kappa shape index (κ3) is 3.42. The van der Waals surface area contributed by atoms with Crippen molar-refractivity contribution in [2.75, 3.05) is 0 Å². The maximum absolute atomic E-state index is 4.44. The van der Waals surface area contributed by atoms with Crippen molar-refractivity contribution in [2.45, 2.75) is 32.6 Å². The second-order valence-corrected chi connectivity index (χ2v) is 4.36. The molecule has 0 aliphatic carbocycles. The Bertz CT molecular complexity index is 448. The molecule has 0 fully saturated rings. The van der Waals surface area contributed by atoms with E-state index in [4.69, 9.17) is 0 Å². The molecule has 0 aliphatic rings. The number of nitrogens with zero attached hydrogens (tertiary/aromatic N) is 1. The number of pyridine rings is 1. The smallest absolute Gasteiger partial charge is 0.0409 e. The Morgan fingerprint density at radius 2 is 1.76 bits per heavy atom. The van der Waals surface area contributed by atoms with Crippen molar-refractivity contribution in [2.24, 2.45) is 0 Å². The molecule has 17 heavy (non-hydrogen) atoms. The molecule has 0 bridgehead atoms. The molecule has 0 aliphatic heterocycles. The van der Waals surface area contributed by atoms with E-state index in [1.165, 1.54) is 36.1 Å². The van der Waals surface area contributed by atoms with Crippen LogP contribution in [-0.2, 0) is 6.42 Å². The molecule has 0 saturated carbocycles. The molecular formula is C16H19N. The van der Waals surface area contributed by atoms with Crippen molar-refractivity contribution in [3.63, 3.8) is 0 Å². The maximum atomic E-state index is 4.44. The van der Waals surface area contributed by atoms with E-state index in [1.807, 2.05) is 12.3 Å². The summed E-state index contributed by atoms with van der Waals surface area (Å²) >= 11 is 0. The van der Waals surface area contributed by atoms with Gasteiger partial charge in [-0.15, -0.1) is 0 Å². The summed E-state index contributed by atoms with van der Waals surface area (Å²) in [5.74, 6) is 0. The Kier molecular flexibility index (Phi) is 4.31. The summed E-state index contributed by atoms with van der Waals surface area (Å²) in [6.07, 6.45) is 6.80. The summed E-state index contributed by atoms with van der Waals surface area (Å²) in [5, 5.41) is 0. The van der Waals surface area contributed by atoms with E-state index in [1.54, 1.807) is 0 Å². The predicted octanol–water partition coefficient (Wildman–Crippen LogP) is 4.48. The van der Waals surface area contributed by atoms with Crippen LogP contribution in [0.5, 0.6) is 0 Å². The fourth-order valence-electron chi connectivity index (χ4n) is 1.98. The minimum atomic E-state index is 1.09. The Hall–Kier alpha value is -1.63. The molecule has 0 saturated heterocycles.